The number of aliphatic imine (C=N–C) groups is 1. The highest BCUT2D eigenvalue weighted by atomic mass is 127. The summed E-state index contributed by atoms with van der Waals surface area (Å²) < 4.78 is 5.54. The van der Waals surface area contributed by atoms with Crippen molar-refractivity contribution < 1.29 is 9.53 Å². The van der Waals surface area contributed by atoms with E-state index in [1.54, 1.807) is 0 Å². The molecule has 3 saturated heterocycles. The quantitative estimate of drug-likeness (QED) is 0.265. The molecule has 1 atom stereocenters. The van der Waals surface area contributed by atoms with E-state index >= 15 is 0 Å². The monoisotopic (exact) mass is 507 g/mol. The molecule has 28 heavy (non-hydrogen) atoms. The minimum atomic E-state index is -0.202. The van der Waals surface area contributed by atoms with Gasteiger partial charge in [0, 0.05) is 46.4 Å². The van der Waals surface area contributed by atoms with Crippen molar-refractivity contribution in [3.8, 4) is 0 Å². The van der Waals surface area contributed by atoms with Crippen LogP contribution in [0.15, 0.2) is 4.99 Å². The molecule has 1 unspecified atom stereocenters. The summed E-state index contributed by atoms with van der Waals surface area (Å²) in [4.78, 5) is 23.7. The highest BCUT2D eigenvalue weighted by Crippen LogP contribution is 2.17. The number of hydrogen-bond donors (Lipinski definition) is 1. The molecule has 3 aliphatic heterocycles. The molecular weight excluding hydrogens is 469 g/mol. The zero-order valence-corrected chi connectivity index (χ0v) is 19.9. The number of carbonyl (C=O) groups excluding carboxylic acids is 1. The number of rotatable bonds is 5. The van der Waals surface area contributed by atoms with Crippen LogP contribution >= 0.6 is 24.0 Å². The summed E-state index contributed by atoms with van der Waals surface area (Å²) in [6.45, 7) is 10.9. The summed E-state index contributed by atoms with van der Waals surface area (Å²) in [6, 6.07) is 0. The van der Waals surface area contributed by atoms with E-state index in [2.05, 4.69) is 27.0 Å². The lowest BCUT2D eigenvalue weighted by Gasteiger charge is -2.37. The number of hydrogen-bond acceptors (Lipinski definition) is 4. The molecule has 0 spiro atoms. The van der Waals surface area contributed by atoms with E-state index < -0.39 is 0 Å². The van der Waals surface area contributed by atoms with Crippen LogP contribution in [0.3, 0.4) is 0 Å². The summed E-state index contributed by atoms with van der Waals surface area (Å²) in [7, 11) is 1.85. The molecule has 0 radical (unpaired) electrons. The van der Waals surface area contributed by atoms with Crippen LogP contribution in [0.4, 0.5) is 0 Å². The summed E-state index contributed by atoms with van der Waals surface area (Å²) in [6.07, 6.45) is 5.49. The van der Waals surface area contributed by atoms with E-state index in [1.807, 2.05) is 11.9 Å². The Kier molecular flexibility index (Phi) is 10.3. The first-order valence-corrected chi connectivity index (χ1v) is 10.8. The molecule has 0 aliphatic carbocycles. The van der Waals surface area contributed by atoms with Gasteiger partial charge < -0.3 is 24.8 Å². The second-order valence-corrected chi connectivity index (χ2v) is 8.17. The zero-order valence-electron chi connectivity index (χ0n) is 17.6. The molecule has 162 valence electrons. The Hall–Kier alpha value is -0.610. The molecule has 3 heterocycles. The van der Waals surface area contributed by atoms with Crippen LogP contribution in [0, 0.1) is 5.92 Å². The van der Waals surface area contributed by atoms with Crippen LogP contribution in [0.25, 0.3) is 0 Å². The number of likely N-dealkylation sites (tertiary alicyclic amines) is 1. The van der Waals surface area contributed by atoms with Gasteiger partial charge in [0.2, 0.25) is 0 Å². The minimum absolute atomic E-state index is 0. The predicted octanol–water partition coefficient (Wildman–Crippen LogP) is 1.63. The summed E-state index contributed by atoms with van der Waals surface area (Å²) in [5.74, 6) is 2.03. The third-order valence-electron chi connectivity index (χ3n) is 6.12. The lowest BCUT2D eigenvalue weighted by molar-refractivity contribution is -0.142. The second kappa shape index (κ2) is 12.2. The Morgan fingerprint density at radius 1 is 1.07 bits per heavy atom. The fourth-order valence-corrected chi connectivity index (χ4v) is 4.24. The fraction of sp³-hybridized carbons (Fsp3) is 0.900. The van der Waals surface area contributed by atoms with Crippen molar-refractivity contribution in [1.29, 1.82) is 0 Å². The first-order valence-electron chi connectivity index (χ1n) is 10.8. The van der Waals surface area contributed by atoms with Gasteiger partial charge in [-0.1, -0.05) is 6.92 Å². The van der Waals surface area contributed by atoms with E-state index in [-0.39, 0.29) is 36.0 Å². The SMILES string of the molecule is CN=C(NCCCN1CCC(C)CC1)N1CCN(C(=O)C2CCCO2)CC1.I. The molecule has 3 aliphatic rings. The van der Waals surface area contributed by atoms with E-state index in [0.717, 1.165) is 70.5 Å². The van der Waals surface area contributed by atoms with E-state index in [4.69, 9.17) is 4.74 Å². The molecule has 0 aromatic rings. The number of piperidine rings is 1. The molecule has 1 amide bonds. The molecule has 0 aromatic carbocycles. The molecule has 0 aromatic heterocycles. The molecule has 3 rings (SSSR count). The van der Waals surface area contributed by atoms with Gasteiger partial charge in [0.1, 0.15) is 6.10 Å². The second-order valence-electron chi connectivity index (χ2n) is 8.17. The Morgan fingerprint density at radius 3 is 2.36 bits per heavy atom. The maximum Gasteiger partial charge on any atom is 0.251 e. The van der Waals surface area contributed by atoms with Crippen molar-refractivity contribution in [3.05, 3.63) is 0 Å². The lowest BCUT2D eigenvalue weighted by atomic mass is 9.99. The topological polar surface area (TPSA) is 60.4 Å². The van der Waals surface area contributed by atoms with Gasteiger partial charge in [-0.25, -0.2) is 0 Å². The van der Waals surface area contributed by atoms with E-state index in [0.29, 0.717) is 0 Å². The van der Waals surface area contributed by atoms with Crippen LogP contribution in [-0.2, 0) is 9.53 Å². The average Bonchev–Trinajstić information content (AvgIpc) is 3.24. The number of nitrogens with zero attached hydrogens (tertiary/aromatic N) is 4. The first kappa shape index (κ1) is 23.7. The molecule has 8 heteroatoms. The molecule has 1 N–H and O–H groups in total. The van der Waals surface area contributed by atoms with E-state index in [1.165, 1.54) is 32.5 Å². The number of ether oxygens (including phenoxy) is 1. The van der Waals surface area contributed by atoms with Crippen molar-refractivity contribution in [1.82, 2.24) is 20.0 Å². The highest BCUT2D eigenvalue weighted by Gasteiger charge is 2.30. The van der Waals surface area contributed by atoms with Crippen LogP contribution < -0.4 is 5.32 Å². The number of carbonyl (C=O) groups is 1. The summed E-state index contributed by atoms with van der Waals surface area (Å²) in [5, 5.41) is 3.51. The van der Waals surface area contributed by atoms with Crippen LogP contribution in [0.1, 0.15) is 39.0 Å². The average molecular weight is 507 g/mol. The Bertz CT molecular complexity index is 497. The van der Waals surface area contributed by atoms with Crippen molar-refractivity contribution in [2.24, 2.45) is 10.9 Å². The van der Waals surface area contributed by atoms with Crippen LogP contribution in [-0.4, -0.2) is 98.7 Å². The molecular formula is C20H38IN5O2. The number of halogens is 1. The van der Waals surface area contributed by atoms with Crippen molar-refractivity contribution >= 4 is 35.8 Å². The summed E-state index contributed by atoms with van der Waals surface area (Å²) >= 11 is 0. The molecule has 0 bridgehead atoms. The highest BCUT2D eigenvalue weighted by molar-refractivity contribution is 14.0. The first-order chi connectivity index (χ1) is 13.2. The third-order valence-corrected chi connectivity index (χ3v) is 6.12. The van der Waals surface area contributed by atoms with Gasteiger partial charge in [0.25, 0.3) is 5.91 Å². The number of guanidine groups is 1. The van der Waals surface area contributed by atoms with Crippen molar-refractivity contribution in [3.63, 3.8) is 0 Å². The van der Waals surface area contributed by atoms with E-state index in [9.17, 15) is 4.79 Å². The van der Waals surface area contributed by atoms with Crippen LogP contribution in [0.5, 0.6) is 0 Å². The van der Waals surface area contributed by atoms with Crippen molar-refractivity contribution in [2.45, 2.75) is 45.1 Å². The summed E-state index contributed by atoms with van der Waals surface area (Å²) in [5.41, 5.74) is 0. The lowest BCUT2D eigenvalue weighted by Crippen LogP contribution is -2.55. The largest absolute Gasteiger partial charge is 0.368 e. The normalized spacial score (nSPS) is 24.9. The maximum absolute atomic E-state index is 12.5. The standard InChI is InChI=1S/C20H37N5O2.HI/c1-17-6-10-23(11-7-17)9-4-8-22-20(21-2)25-14-12-24(13-15-25)19(26)18-5-3-16-27-18;/h17-18H,3-16H2,1-2H3,(H,21,22);1H. The minimum Gasteiger partial charge on any atom is -0.368 e. The van der Waals surface area contributed by atoms with Gasteiger partial charge in [-0.15, -0.1) is 24.0 Å². The van der Waals surface area contributed by atoms with Gasteiger partial charge in [0.15, 0.2) is 5.96 Å². The van der Waals surface area contributed by atoms with Gasteiger partial charge in [-0.2, -0.15) is 0 Å². The zero-order chi connectivity index (χ0) is 19.1. The molecule has 0 saturated carbocycles. The van der Waals surface area contributed by atoms with Crippen molar-refractivity contribution in [2.75, 3.05) is 66.0 Å². The Balaban J connectivity index is 0.00000280. The number of amides is 1. The van der Waals surface area contributed by atoms with Crippen LogP contribution in [0.2, 0.25) is 0 Å². The third kappa shape index (κ3) is 6.73. The smallest absolute Gasteiger partial charge is 0.251 e. The van der Waals surface area contributed by atoms with Gasteiger partial charge in [-0.3, -0.25) is 9.79 Å². The van der Waals surface area contributed by atoms with Gasteiger partial charge in [-0.05, 0) is 57.7 Å². The number of nitrogens with one attached hydrogen (secondary N) is 1. The molecule has 7 nitrogen and oxygen atoms in total. The maximum atomic E-state index is 12.5. The predicted molar refractivity (Wildman–Crippen MR) is 123 cm³/mol. The van der Waals surface area contributed by atoms with Gasteiger partial charge in [0.05, 0.1) is 0 Å². The Morgan fingerprint density at radius 2 is 1.75 bits per heavy atom. The fourth-order valence-electron chi connectivity index (χ4n) is 4.24. The van der Waals surface area contributed by atoms with Gasteiger partial charge >= 0.3 is 0 Å². The molecule has 3 fully saturated rings. The Labute approximate surface area is 187 Å². The number of piperazine rings is 1.